The lowest BCUT2D eigenvalue weighted by Gasteiger charge is -2.48. The summed E-state index contributed by atoms with van der Waals surface area (Å²) in [6, 6.07) is 11.5. The highest BCUT2D eigenvalue weighted by Crippen LogP contribution is 2.58. The first-order valence-electron chi connectivity index (χ1n) is 10.5. The third-order valence-electron chi connectivity index (χ3n) is 7.64. The standard InChI is InChI=1S/C25H20O5/c26-15-9-10-25(29-16-5-1-3-12-4-2-6-17(30-25)18(12)16)22-21(15)23(27)19-13-7-8-14(11-13)20(19)24(22)28/h1-10,13-14,19-20,23-24,27-28H,11H2/t13?,14?,19?,20?,23-,24+/m0/s1. The molecule has 0 saturated heterocycles. The van der Waals surface area contributed by atoms with Crippen molar-refractivity contribution in [3.8, 4) is 11.5 Å². The minimum Gasteiger partial charge on any atom is -0.444 e. The first-order valence-corrected chi connectivity index (χ1v) is 10.5. The zero-order valence-corrected chi connectivity index (χ0v) is 16.1. The molecule has 4 aliphatic carbocycles. The fourth-order valence-corrected chi connectivity index (χ4v) is 6.50. The van der Waals surface area contributed by atoms with Gasteiger partial charge in [-0.3, -0.25) is 4.79 Å². The Bertz CT molecular complexity index is 1180. The van der Waals surface area contributed by atoms with E-state index in [9.17, 15) is 15.0 Å². The van der Waals surface area contributed by atoms with Crippen LogP contribution in [0.3, 0.4) is 0 Å². The summed E-state index contributed by atoms with van der Waals surface area (Å²) in [4.78, 5) is 12.9. The van der Waals surface area contributed by atoms with Gasteiger partial charge in [-0.1, -0.05) is 36.4 Å². The van der Waals surface area contributed by atoms with Crippen LogP contribution >= 0.6 is 0 Å². The molecule has 2 N–H and O–H groups in total. The summed E-state index contributed by atoms with van der Waals surface area (Å²) in [5.41, 5.74) is 0.593. The molecule has 1 aliphatic heterocycles. The lowest BCUT2D eigenvalue weighted by atomic mass is 9.64. The first kappa shape index (κ1) is 16.9. The van der Waals surface area contributed by atoms with Crippen LogP contribution in [-0.2, 0) is 4.79 Å². The van der Waals surface area contributed by atoms with Crippen molar-refractivity contribution in [2.75, 3.05) is 0 Å². The molecule has 1 saturated carbocycles. The molecular formula is C25H20O5. The van der Waals surface area contributed by atoms with Gasteiger partial charge in [0, 0.05) is 23.5 Å². The minimum atomic E-state index is -1.44. The van der Waals surface area contributed by atoms with Crippen LogP contribution in [0.1, 0.15) is 6.42 Å². The minimum absolute atomic E-state index is 0.148. The van der Waals surface area contributed by atoms with Crippen molar-refractivity contribution < 1.29 is 24.5 Å². The third-order valence-corrected chi connectivity index (χ3v) is 7.64. The molecule has 5 nitrogen and oxygen atoms in total. The number of ether oxygens (including phenoxy) is 2. The largest absolute Gasteiger partial charge is 0.444 e. The number of aliphatic hydroxyl groups is 2. The molecule has 2 bridgehead atoms. The van der Waals surface area contributed by atoms with Gasteiger partial charge in [-0.25, -0.2) is 0 Å². The van der Waals surface area contributed by atoms with Gasteiger partial charge in [0.25, 0.3) is 5.79 Å². The molecule has 5 heteroatoms. The second-order valence-electron chi connectivity index (χ2n) is 9.00. The number of rotatable bonds is 0. The van der Waals surface area contributed by atoms with Gasteiger partial charge in [0.05, 0.1) is 23.2 Å². The lowest BCUT2D eigenvalue weighted by molar-refractivity contribution is -0.119. The zero-order chi connectivity index (χ0) is 20.2. The van der Waals surface area contributed by atoms with Gasteiger partial charge in [0.1, 0.15) is 11.5 Å². The third kappa shape index (κ3) is 1.88. The number of hydrogen-bond donors (Lipinski definition) is 2. The molecule has 7 rings (SSSR count). The number of ketones is 1. The normalized spacial score (nSPS) is 36.7. The van der Waals surface area contributed by atoms with Crippen molar-refractivity contribution >= 4 is 16.6 Å². The zero-order valence-electron chi connectivity index (χ0n) is 16.1. The smallest absolute Gasteiger partial charge is 0.297 e. The predicted molar refractivity (Wildman–Crippen MR) is 109 cm³/mol. The lowest BCUT2D eigenvalue weighted by Crippen LogP contribution is -2.57. The van der Waals surface area contributed by atoms with E-state index in [1.165, 1.54) is 6.08 Å². The van der Waals surface area contributed by atoms with Gasteiger partial charge in [-0.05, 0) is 41.9 Å². The molecule has 1 spiro atoms. The van der Waals surface area contributed by atoms with Gasteiger partial charge in [-0.15, -0.1) is 0 Å². The molecule has 1 fully saturated rings. The van der Waals surface area contributed by atoms with Crippen LogP contribution in [0.25, 0.3) is 10.8 Å². The summed E-state index contributed by atoms with van der Waals surface area (Å²) in [5, 5.41) is 24.7. The van der Waals surface area contributed by atoms with E-state index in [4.69, 9.17) is 9.47 Å². The number of aliphatic hydroxyl groups excluding tert-OH is 2. The van der Waals surface area contributed by atoms with Crippen LogP contribution in [-0.4, -0.2) is 34.0 Å². The number of fused-ring (bicyclic) bond motifs is 6. The maximum Gasteiger partial charge on any atom is 0.297 e. The molecule has 150 valence electrons. The quantitative estimate of drug-likeness (QED) is 0.665. The van der Waals surface area contributed by atoms with E-state index in [1.807, 2.05) is 36.4 Å². The second-order valence-corrected chi connectivity index (χ2v) is 9.00. The van der Waals surface area contributed by atoms with Crippen molar-refractivity contribution in [3.63, 3.8) is 0 Å². The highest BCUT2D eigenvalue weighted by molar-refractivity contribution is 6.07. The number of benzene rings is 2. The Labute approximate surface area is 172 Å². The maximum absolute atomic E-state index is 12.9. The van der Waals surface area contributed by atoms with Crippen molar-refractivity contribution in [1.82, 2.24) is 0 Å². The van der Waals surface area contributed by atoms with E-state index in [0.717, 1.165) is 17.2 Å². The van der Waals surface area contributed by atoms with Gasteiger partial charge in [0.15, 0.2) is 5.78 Å². The molecule has 2 aromatic rings. The van der Waals surface area contributed by atoms with Gasteiger partial charge < -0.3 is 19.7 Å². The van der Waals surface area contributed by atoms with E-state index >= 15 is 0 Å². The van der Waals surface area contributed by atoms with E-state index in [-0.39, 0.29) is 35.0 Å². The summed E-state index contributed by atoms with van der Waals surface area (Å²) in [6.07, 6.45) is 6.29. The maximum atomic E-state index is 12.9. The van der Waals surface area contributed by atoms with Crippen LogP contribution in [0.5, 0.6) is 11.5 Å². The molecule has 0 amide bonds. The number of carbonyl (C=O) groups excluding carboxylic acids is 1. The van der Waals surface area contributed by atoms with Crippen molar-refractivity contribution in [1.29, 1.82) is 0 Å². The van der Waals surface area contributed by atoms with Crippen molar-refractivity contribution in [3.05, 3.63) is 71.8 Å². The van der Waals surface area contributed by atoms with Gasteiger partial charge in [-0.2, -0.15) is 0 Å². The summed E-state index contributed by atoms with van der Waals surface area (Å²) >= 11 is 0. The highest BCUT2D eigenvalue weighted by Gasteiger charge is 2.61. The number of allylic oxidation sites excluding steroid dienone is 3. The molecule has 5 aliphatic rings. The highest BCUT2D eigenvalue weighted by atomic mass is 16.7. The Hall–Kier alpha value is -2.89. The monoisotopic (exact) mass is 400 g/mol. The molecular weight excluding hydrogens is 380 g/mol. The molecule has 0 radical (unpaired) electrons. The SMILES string of the molecule is O=C1C=CC2(Oc3cccc4cccc(c34)O2)C2=C1[C@@H](O)C1C3C=CC(C3)C1[C@H]2O. The van der Waals surface area contributed by atoms with Crippen LogP contribution in [0.4, 0.5) is 0 Å². The summed E-state index contributed by atoms with van der Waals surface area (Å²) in [5.74, 6) is -0.369. The van der Waals surface area contributed by atoms with Crippen LogP contribution in [0.2, 0.25) is 0 Å². The van der Waals surface area contributed by atoms with Crippen LogP contribution in [0, 0.1) is 23.7 Å². The van der Waals surface area contributed by atoms with E-state index in [2.05, 4.69) is 12.2 Å². The average Bonchev–Trinajstić information content (AvgIpc) is 3.36. The van der Waals surface area contributed by atoms with Crippen LogP contribution in [0.15, 0.2) is 71.8 Å². The molecule has 2 aromatic carbocycles. The molecule has 1 heterocycles. The Kier molecular flexibility index (Phi) is 3.05. The van der Waals surface area contributed by atoms with Crippen molar-refractivity contribution in [2.24, 2.45) is 23.7 Å². The molecule has 0 aromatic heterocycles. The predicted octanol–water partition coefficient (Wildman–Crippen LogP) is 2.92. The summed E-state index contributed by atoms with van der Waals surface area (Å²) in [6.45, 7) is 0. The van der Waals surface area contributed by atoms with Gasteiger partial charge in [0.2, 0.25) is 0 Å². The Morgan fingerprint density at radius 1 is 0.900 bits per heavy atom. The Morgan fingerprint density at radius 3 is 2.20 bits per heavy atom. The molecule has 4 unspecified atom stereocenters. The first-order chi connectivity index (χ1) is 14.6. The number of hydrogen-bond acceptors (Lipinski definition) is 5. The molecule has 6 atom stereocenters. The van der Waals surface area contributed by atoms with E-state index in [0.29, 0.717) is 17.1 Å². The van der Waals surface area contributed by atoms with E-state index in [1.54, 1.807) is 6.08 Å². The Balaban J connectivity index is 1.44. The molecule has 30 heavy (non-hydrogen) atoms. The average molecular weight is 400 g/mol. The fraction of sp³-hybridized carbons (Fsp3) is 0.320. The second kappa shape index (κ2) is 5.42. The van der Waals surface area contributed by atoms with Crippen molar-refractivity contribution in [2.45, 2.75) is 24.4 Å². The summed E-state index contributed by atoms with van der Waals surface area (Å²) in [7, 11) is 0. The van der Waals surface area contributed by atoms with Gasteiger partial charge >= 0.3 is 0 Å². The topological polar surface area (TPSA) is 76.0 Å². The Morgan fingerprint density at radius 2 is 1.53 bits per heavy atom. The fourth-order valence-electron chi connectivity index (χ4n) is 6.50. The number of carbonyl (C=O) groups is 1. The van der Waals surface area contributed by atoms with E-state index < -0.39 is 18.0 Å². The summed E-state index contributed by atoms with van der Waals surface area (Å²) < 4.78 is 12.8. The van der Waals surface area contributed by atoms with Crippen LogP contribution < -0.4 is 9.47 Å².